The highest BCUT2D eigenvalue weighted by molar-refractivity contribution is 9.10. The summed E-state index contributed by atoms with van der Waals surface area (Å²) in [6.45, 7) is 3.46. The molecular formula is C13H13BrFNOS. The van der Waals surface area contributed by atoms with E-state index in [9.17, 15) is 9.50 Å². The number of hydrogen-bond donors (Lipinski definition) is 1. The first kappa shape index (κ1) is 13.6. The lowest BCUT2D eigenvalue weighted by Crippen LogP contribution is -2.21. The van der Waals surface area contributed by atoms with Gasteiger partial charge in [0.05, 0.1) is 16.3 Å². The van der Waals surface area contributed by atoms with Crippen molar-refractivity contribution in [3.63, 3.8) is 0 Å². The van der Waals surface area contributed by atoms with Crippen molar-refractivity contribution in [1.82, 2.24) is 4.98 Å². The molecule has 0 atom stereocenters. The highest BCUT2D eigenvalue weighted by Gasteiger charge is 2.17. The van der Waals surface area contributed by atoms with E-state index in [2.05, 4.69) is 20.9 Å². The first-order valence-corrected chi connectivity index (χ1v) is 7.15. The highest BCUT2D eigenvalue weighted by atomic mass is 79.9. The van der Waals surface area contributed by atoms with Gasteiger partial charge in [0.25, 0.3) is 0 Å². The summed E-state index contributed by atoms with van der Waals surface area (Å²) in [4.78, 5) is 4.37. The van der Waals surface area contributed by atoms with Crippen LogP contribution < -0.4 is 0 Å². The van der Waals surface area contributed by atoms with Crippen LogP contribution in [-0.4, -0.2) is 15.7 Å². The number of nitrogens with zero attached hydrogens (tertiary/aromatic N) is 1. The predicted molar refractivity (Wildman–Crippen MR) is 75.2 cm³/mol. The normalized spacial score (nSPS) is 11.8. The molecule has 5 heteroatoms. The van der Waals surface area contributed by atoms with E-state index in [0.717, 1.165) is 9.48 Å². The molecule has 0 saturated heterocycles. The van der Waals surface area contributed by atoms with Crippen molar-refractivity contribution in [2.45, 2.75) is 25.9 Å². The fourth-order valence-corrected chi connectivity index (χ4v) is 2.96. The van der Waals surface area contributed by atoms with Crippen LogP contribution >= 0.6 is 27.3 Å². The van der Waals surface area contributed by atoms with E-state index in [1.54, 1.807) is 26.0 Å². The minimum atomic E-state index is -0.801. The maximum atomic E-state index is 13.7. The van der Waals surface area contributed by atoms with Crippen LogP contribution in [-0.2, 0) is 6.42 Å². The summed E-state index contributed by atoms with van der Waals surface area (Å²) < 4.78 is 14.5. The molecule has 0 radical (unpaired) electrons. The van der Waals surface area contributed by atoms with Crippen molar-refractivity contribution >= 4 is 27.3 Å². The average molecular weight is 330 g/mol. The monoisotopic (exact) mass is 329 g/mol. The Bertz CT molecular complexity index is 562. The molecule has 0 spiro atoms. The smallest absolute Gasteiger partial charge is 0.132 e. The molecule has 1 aromatic heterocycles. The van der Waals surface area contributed by atoms with Gasteiger partial charge in [-0.2, -0.15) is 0 Å². The maximum Gasteiger partial charge on any atom is 0.132 e. The quantitative estimate of drug-likeness (QED) is 0.922. The van der Waals surface area contributed by atoms with Gasteiger partial charge in [-0.1, -0.05) is 15.9 Å². The second-order valence-corrected chi connectivity index (χ2v) is 6.60. The predicted octanol–water partition coefficient (Wildman–Crippen LogP) is 4.03. The Hall–Kier alpha value is -0.780. The zero-order chi connectivity index (χ0) is 13.3. The van der Waals surface area contributed by atoms with Gasteiger partial charge in [-0.25, -0.2) is 9.37 Å². The number of hydrogen-bond acceptors (Lipinski definition) is 3. The van der Waals surface area contributed by atoms with Gasteiger partial charge in [0.2, 0.25) is 0 Å². The second kappa shape index (κ2) is 5.07. The van der Waals surface area contributed by atoms with Gasteiger partial charge in [-0.05, 0) is 32.0 Å². The van der Waals surface area contributed by atoms with Gasteiger partial charge < -0.3 is 5.11 Å². The zero-order valence-electron chi connectivity index (χ0n) is 10.1. The van der Waals surface area contributed by atoms with Crippen LogP contribution in [0.2, 0.25) is 0 Å². The number of aliphatic hydroxyl groups is 1. The Morgan fingerprint density at radius 1 is 1.44 bits per heavy atom. The van der Waals surface area contributed by atoms with Gasteiger partial charge in [0.15, 0.2) is 0 Å². The number of rotatable bonds is 3. The molecular weight excluding hydrogens is 317 g/mol. The summed E-state index contributed by atoms with van der Waals surface area (Å²) >= 11 is 4.75. The van der Waals surface area contributed by atoms with Gasteiger partial charge in [-0.3, -0.25) is 0 Å². The molecule has 0 aliphatic carbocycles. The van der Waals surface area contributed by atoms with Crippen LogP contribution in [0.4, 0.5) is 4.39 Å². The first-order chi connectivity index (χ1) is 8.35. The summed E-state index contributed by atoms with van der Waals surface area (Å²) in [6, 6.07) is 4.77. The van der Waals surface area contributed by atoms with E-state index < -0.39 is 5.60 Å². The molecule has 2 rings (SSSR count). The lowest BCUT2D eigenvalue weighted by Gasteiger charge is -2.14. The summed E-state index contributed by atoms with van der Waals surface area (Å²) in [5, 5.41) is 12.3. The molecule has 2 aromatic rings. The lowest BCUT2D eigenvalue weighted by atomic mass is 10.1. The molecule has 1 heterocycles. The summed E-state index contributed by atoms with van der Waals surface area (Å²) in [7, 11) is 0. The van der Waals surface area contributed by atoms with Gasteiger partial charge >= 0.3 is 0 Å². The Morgan fingerprint density at radius 2 is 2.17 bits per heavy atom. The van der Waals surface area contributed by atoms with Crippen molar-refractivity contribution in [1.29, 1.82) is 0 Å². The first-order valence-electron chi connectivity index (χ1n) is 5.47. The second-order valence-electron chi connectivity index (χ2n) is 4.74. The van der Waals surface area contributed by atoms with E-state index >= 15 is 0 Å². The van der Waals surface area contributed by atoms with E-state index in [0.29, 0.717) is 17.7 Å². The van der Waals surface area contributed by atoms with Crippen molar-refractivity contribution < 1.29 is 9.50 Å². The van der Waals surface area contributed by atoms with E-state index in [1.165, 1.54) is 17.4 Å². The topological polar surface area (TPSA) is 33.1 Å². The molecule has 0 saturated carbocycles. The Kier molecular flexibility index (Phi) is 3.84. The Balaban J connectivity index is 2.32. The zero-order valence-corrected chi connectivity index (χ0v) is 12.5. The highest BCUT2D eigenvalue weighted by Crippen LogP contribution is 2.28. The molecule has 0 unspecified atom stereocenters. The fraction of sp³-hybridized carbons (Fsp3) is 0.308. The molecule has 18 heavy (non-hydrogen) atoms. The lowest BCUT2D eigenvalue weighted by molar-refractivity contribution is 0.0809. The minimum absolute atomic E-state index is 0.293. The third kappa shape index (κ3) is 3.37. The molecule has 0 fully saturated rings. The Morgan fingerprint density at radius 3 is 2.83 bits per heavy atom. The largest absolute Gasteiger partial charge is 0.390 e. The van der Waals surface area contributed by atoms with Crippen molar-refractivity contribution in [3.8, 4) is 11.3 Å². The SMILES string of the molecule is CC(C)(O)Cc1nc(-c2cc(Br)ccc2F)cs1. The maximum absolute atomic E-state index is 13.7. The van der Waals surface area contributed by atoms with Crippen LogP contribution in [0.1, 0.15) is 18.9 Å². The van der Waals surface area contributed by atoms with Crippen LogP contribution in [0.3, 0.4) is 0 Å². The number of thiazole rings is 1. The summed E-state index contributed by atoms with van der Waals surface area (Å²) in [6.07, 6.45) is 0.466. The number of benzene rings is 1. The molecule has 0 amide bonds. The number of aromatic nitrogens is 1. The molecule has 0 aliphatic rings. The third-order valence-electron chi connectivity index (χ3n) is 2.34. The molecule has 0 bridgehead atoms. The van der Waals surface area contributed by atoms with E-state index in [4.69, 9.17) is 0 Å². The average Bonchev–Trinajstić information content (AvgIpc) is 2.67. The third-order valence-corrected chi connectivity index (χ3v) is 3.68. The van der Waals surface area contributed by atoms with Gasteiger partial charge in [0, 0.05) is 21.8 Å². The van der Waals surface area contributed by atoms with Crippen LogP contribution in [0.25, 0.3) is 11.3 Å². The summed E-state index contributed by atoms with van der Waals surface area (Å²) in [5.74, 6) is -0.293. The molecule has 2 nitrogen and oxygen atoms in total. The van der Waals surface area contributed by atoms with Crippen LogP contribution in [0, 0.1) is 5.82 Å². The Labute approximate surface area is 118 Å². The number of halogens is 2. The molecule has 0 aliphatic heterocycles. The van der Waals surface area contributed by atoms with Crippen molar-refractivity contribution in [3.05, 3.63) is 38.9 Å². The van der Waals surface area contributed by atoms with E-state index in [-0.39, 0.29) is 5.82 Å². The van der Waals surface area contributed by atoms with Crippen LogP contribution in [0.5, 0.6) is 0 Å². The molecule has 96 valence electrons. The summed E-state index contributed by atoms with van der Waals surface area (Å²) in [5.41, 5.74) is 0.283. The molecule has 1 N–H and O–H groups in total. The van der Waals surface area contributed by atoms with Crippen molar-refractivity contribution in [2.75, 3.05) is 0 Å². The minimum Gasteiger partial charge on any atom is -0.390 e. The van der Waals surface area contributed by atoms with Gasteiger partial charge in [-0.15, -0.1) is 11.3 Å². The fourth-order valence-electron chi connectivity index (χ4n) is 1.58. The van der Waals surface area contributed by atoms with E-state index in [1.807, 2.05) is 5.38 Å². The van der Waals surface area contributed by atoms with Gasteiger partial charge in [0.1, 0.15) is 5.82 Å². The van der Waals surface area contributed by atoms with Crippen molar-refractivity contribution in [2.24, 2.45) is 0 Å². The standard InChI is InChI=1S/C13H13BrFNOS/c1-13(2,17)6-12-16-11(7-18-12)9-5-8(14)3-4-10(9)15/h3-5,7,17H,6H2,1-2H3. The van der Waals surface area contributed by atoms with Crippen LogP contribution in [0.15, 0.2) is 28.1 Å². The molecule has 1 aromatic carbocycles.